The summed E-state index contributed by atoms with van der Waals surface area (Å²) in [5.74, 6) is -0.402. The van der Waals surface area contributed by atoms with Crippen molar-refractivity contribution in [3.05, 3.63) is 52.5 Å². The molecule has 2 aromatic rings. The van der Waals surface area contributed by atoms with Gasteiger partial charge in [0.25, 0.3) is 0 Å². The molecule has 2 aromatic carbocycles. The lowest BCUT2D eigenvalue weighted by atomic mass is 10.2. The van der Waals surface area contributed by atoms with Crippen molar-refractivity contribution < 1.29 is 17.4 Å². The van der Waals surface area contributed by atoms with Gasteiger partial charge in [0.05, 0.1) is 16.7 Å². The highest BCUT2D eigenvalue weighted by Crippen LogP contribution is 2.29. The van der Waals surface area contributed by atoms with E-state index in [0.29, 0.717) is 11.3 Å². The smallest absolute Gasteiger partial charge is 0.339 e. The zero-order chi connectivity index (χ0) is 17.9. The Labute approximate surface area is 144 Å². The molecule has 0 heterocycles. The van der Waals surface area contributed by atoms with Gasteiger partial charge in [-0.3, -0.25) is 4.79 Å². The molecular formula is C16H13ClN2O4S. The Morgan fingerprint density at radius 1 is 1.25 bits per heavy atom. The van der Waals surface area contributed by atoms with Gasteiger partial charge in [-0.15, -0.1) is 0 Å². The summed E-state index contributed by atoms with van der Waals surface area (Å²) in [6.07, 6.45) is 0. The molecule has 0 saturated carbocycles. The van der Waals surface area contributed by atoms with Gasteiger partial charge in [-0.25, -0.2) is 0 Å². The molecule has 0 radical (unpaired) electrons. The Morgan fingerprint density at radius 2 is 1.96 bits per heavy atom. The first-order chi connectivity index (χ1) is 11.2. The van der Waals surface area contributed by atoms with Crippen molar-refractivity contribution in [2.75, 3.05) is 5.32 Å². The molecular weight excluding hydrogens is 352 g/mol. The molecule has 8 heteroatoms. The third kappa shape index (κ3) is 4.04. The van der Waals surface area contributed by atoms with Gasteiger partial charge < -0.3 is 9.50 Å². The van der Waals surface area contributed by atoms with Crippen LogP contribution < -0.4 is 9.50 Å². The van der Waals surface area contributed by atoms with Gasteiger partial charge in [-0.1, -0.05) is 17.7 Å². The molecule has 2 rings (SSSR count). The highest BCUT2D eigenvalue weighted by atomic mass is 35.5. The van der Waals surface area contributed by atoms with Crippen LogP contribution in [0.3, 0.4) is 0 Å². The van der Waals surface area contributed by atoms with Crippen LogP contribution >= 0.6 is 11.6 Å². The summed E-state index contributed by atoms with van der Waals surface area (Å²) >= 11 is 5.93. The summed E-state index contributed by atoms with van der Waals surface area (Å²) in [4.78, 5) is 11.1. The van der Waals surface area contributed by atoms with E-state index < -0.39 is 10.1 Å². The third-order valence-electron chi connectivity index (χ3n) is 3.07. The van der Waals surface area contributed by atoms with Crippen LogP contribution in [0, 0.1) is 18.3 Å². The van der Waals surface area contributed by atoms with Crippen LogP contribution in [-0.4, -0.2) is 14.3 Å². The minimum atomic E-state index is -4.15. The van der Waals surface area contributed by atoms with E-state index in [4.69, 9.17) is 21.0 Å². The number of nitrogens with zero attached hydrogens (tertiary/aromatic N) is 1. The maximum absolute atomic E-state index is 12.4. The normalized spacial score (nSPS) is 10.8. The van der Waals surface area contributed by atoms with E-state index in [1.54, 1.807) is 13.0 Å². The second-order valence-corrected chi connectivity index (χ2v) is 6.91. The quantitative estimate of drug-likeness (QED) is 0.840. The number of anilines is 1. The highest BCUT2D eigenvalue weighted by molar-refractivity contribution is 7.87. The lowest BCUT2D eigenvalue weighted by Crippen LogP contribution is -2.12. The van der Waals surface area contributed by atoms with Crippen molar-refractivity contribution in [2.24, 2.45) is 0 Å². The van der Waals surface area contributed by atoms with Crippen molar-refractivity contribution in [3.8, 4) is 11.8 Å². The van der Waals surface area contributed by atoms with Crippen molar-refractivity contribution >= 4 is 33.3 Å². The highest BCUT2D eigenvalue weighted by Gasteiger charge is 2.20. The minimum absolute atomic E-state index is 0.00632. The predicted molar refractivity (Wildman–Crippen MR) is 89.5 cm³/mol. The van der Waals surface area contributed by atoms with E-state index in [1.165, 1.54) is 37.3 Å². The van der Waals surface area contributed by atoms with E-state index >= 15 is 0 Å². The minimum Gasteiger partial charge on any atom is -0.377 e. The number of hydrogen-bond donors (Lipinski definition) is 1. The Hall–Kier alpha value is -2.56. The van der Waals surface area contributed by atoms with Gasteiger partial charge >= 0.3 is 10.1 Å². The summed E-state index contributed by atoms with van der Waals surface area (Å²) in [5.41, 5.74) is 1.37. The Balaban J connectivity index is 2.37. The number of nitrogens with one attached hydrogen (secondary N) is 1. The largest absolute Gasteiger partial charge is 0.377 e. The van der Waals surface area contributed by atoms with Gasteiger partial charge in [-0.05, 0) is 42.8 Å². The second kappa shape index (κ2) is 6.91. The lowest BCUT2D eigenvalue weighted by molar-refractivity contribution is -0.114. The number of carbonyl (C=O) groups excluding carboxylic acids is 1. The van der Waals surface area contributed by atoms with Crippen molar-refractivity contribution in [1.82, 2.24) is 0 Å². The maximum atomic E-state index is 12.4. The van der Waals surface area contributed by atoms with Crippen LogP contribution in [0.5, 0.6) is 5.75 Å². The molecule has 124 valence electrons. The van der Waals surface area contributed by atoms with E-state index in [2.05, 4.69) is 5.32 Å². The monoisotopic (exact) mass is 364 g/mol. The number of nitriles is 1. The number of amides is 1. The molecule has 0 bridgehead atoms. The SMILES string of the molecule is CC(=O)Nc1cc(S(=O)(=O)Oc2ccc(C#N)cc2Cl)ccc1C. The van der Waals surface area contributed by atoms with Gasteiger partial charge in [0.2, 0.25) is 5.91 Å². The topological polar surface area (TPSA) is 96.3 Å². The van der Waals surface area contributed by atoms with E-state index in [1.807, 2.05) is 6.07 Å². The summed E-state index contributed by atoms with van der Waals surface area (Å²) in [7, 11) is -4.15. The van der Waals surface area contributed by atoms with Gasteiger partial charge in [0.1, 0.15) is 4.90 Å². The number of carbonyl (C=O) groups is 1. The van der Waals surface area contributed by atoms with Gasteiger partial charge in [0, 0.05) is 12.6 Å². The molecule has 24 heavy (non-hydrogen) atoms. The van der Waals surface area contributed by atoms with E-state index in [0.717, 1.165) is 0 Å². The third-order valence-corrected chi connectivity index (χ3v) is 4.59. The number of hydrogen-bond acceptors (Lipinski definition) is 5. The van der Waals surface area contributed by atoms with Crippen molar-refractivity contribution in [3.63, 3.8) is 0 Å². The number of aryl methyl sites for hydroxylation is 1. The second-order valence-electron chi connectivity index (χ2n) is 4.95. The van der Waals surface area contributed by atoms with Crippen LogP contribution in [0.1, 0.15) is 18.1 Å². The molecule has 1 amide bonds. The first kappa shape index (κ1) is 17.8. The number of benzene rings is 2. The standard InChI is InChI=1S/C16H13ClN2O4S/c1-10-3-5-13(8-15(10)19-11(2)20)24(21,22)23-16-6-4-12(9-18)7-14(16)17/h3-8H,1-2H3,(H,19,20). The van der Waals surface area contributed by atoms with Gasteiger partial charge in [0.15, 0.2) is 5.75 Å². The average Bonchev–Trinajstić information content (AvgIpc) is 2.50. The predicted octanol–water partition coefficient (Wildman–Crippen LogP) is 3.25. The Morgan fingerprint density at radius 3 is 2.54 bits per heavy atom. The number of halogens is 1. The molecule has 0 saturated heterocycles. The molecule has 0 unspecified atom stereocenters. The molecule has 0 aliphatic carbocycles. The molecule has 0 fully saturated rings. The molecule has 1 N–H and O–H groups in total. The molecule has 0 atom stereocenters. The van der Waals surface area contributed by atoms with Crippen LogP contribution in [0.2, 0.25) is 5.02 Å². The van der Waals surface area contributed by atoms with E-state index in [9.17, 15) is 13.2 Å². The lowest BCUT2D eigenvalue weighted by Gasteiger charge is -2.11. The maximum Gasteiger partial charge on any atom is 0.339 e. The van der Waals surface area contributed by atoms with Crippen molar-refractivity contribution in [2.45, 2.75) is 18.7 Å². The van der Waals surface area contributed by atoms with E-state index in [-0.39, 0.29) is 27.1 Å². The fraction of sp³-hybridized carbons (Fsp3) is 0.125. The fourth-order valence-electron chi connectivity index (χ4n) is 1.89. The molecule has 0 aromatic heterocycles. The summed E-state index contributed by atoms with van der Waals surface area (Å²) in [6.45, 7) is 3.06. The van der Waals surface area contributed by atoms with Crippen molar-refractivity contribution in [1.29, 1.82) is 5.26 Å². The molecule has 0 aliphatic heterocycles. The summed E-state index contributed by atoms with van der Waals surface area (Å²) < 4.78 is 29.8. The molecule has 6 nitrogen and oxygen atoms in total. The number of rotatable bonds is 4. The summed E-state index contributed by atoms with van der Waals surface area (Å²) in [6, 6.07) is 10.1. The summed E-state index contributed by atoms with van der Waals surface area (Å²) in [5, 5.41) is 11.4. The first-order valence-electron chi connectivity index (χ1n) is 6.75. The zero-order valence-electron chi connectivity index (χ0n) is 12.8. The Kier molecular flexibility index (Phi) is 5.12. The molecule has 0 aliphatic rings. The fourth-order valence-corrected chi connectivity index (χ4v) is 3.12. The van der Waals surface area contributed by atoms with Crippen LogP contribution in [0.15, 0.2) is 41.3 Å². The Bertz CT molecular complexity index is 949. The van der Waals surface area contributed by atoms with Crippen LogP contribution in [0.25, 0.3) is 0 Å². The van der Waals surface area contributed by atoms with Crippen LogP contribution in [-0.2, 0) is 14.9 Å². The zero-order valence-corrected chi connectivity index (χ0v) is 14.4. The van der Waals surface area contributed by atoms with Gasteiger partial charge in [-0.2, -0.15) is 13.7 Å². The van der Waals surface area contributed by atoms with Crippen LogP contribution in [0.4, 0.5) is 5.69 Å². The first-order valence-corrected chi connectivity index (χ1v) is 8.54. The molecule has 0 spiro atoms. The average molecular weight is 365 g/mol.